The van der Waals surface area contributed by atoms with E-state index in [1.807, 2.05) is 54.0 Å². The number of ether oxygens (including phenoxy) is 1. The third kappa shape index (κ3) is 3.35. The first kappa shape index (κ1) is 17.4. The Balaban J connectivity index is 1.92. The lowest BCUT2D eigenvalue weighted by molar-refractivity contribution is 0.0774. The van der Waals surface area contributed by atoms with Gasteiger partial charge in [-0.15, -0.1) is 0 Å². The molecule has 1 heterocycles. The molecule has 0 spiro atoms. The van der Waals surface area contributed by atoms with Crippen LogP contribution in [0, 0.1) is 0 Å². The Labute approximate surface area is 152 Å². The Bertz CT molecular complexity index is 917. The average molecular weight is 357 g/mol. The Hall–Kier alpha value is -2.46. The first-order valence-electron chi connectivity index (χ1n) is 8.21. The summed E-state index contributed by atoms with van der Waals surface area (Å²) in [5, 5.41) is 1.70. The fourth-order valence-corrected chi connectivity index (χ4v) is 3.32. The SMILES string of the molecule is CCn1c(C(=O)N(C)Cc2cc(Cl)ccc2OC)cc2ccccc21. The molecule has 0 aliphatic carbocycles. The molecule has 3 rings (SSSR count). The summed E-state index contributed by atoms with van der Waals surface area (Å²) in [6, 6.07) is 15.4. The van der Waals surface area contributed by atoms with Crippen molar-refractivity contribution in [3.05, 3.63) is 64.8 Å². The summed E-state index contributed by atoms with van der Waals surface area (Å²) in [6.45, 7) is 3.21. The number of fused-ring (bicyclic) bond motifs is 1. The van der Waals surface area contributed by atoms with Crippen LogP contribution in [0.25, 0.3) is 10.9 Å². The van der Waals surface area contributed by atoms with Crippen molar-refractivity contribution < 1.29 is 9.53 Å². The van der Waals surface area contributed by atoms with E-state index in [0.29, 0.717) is 17.3 Å². The molecule has 0 saturated heterocycles. The molecule has 3 aromatic rings. The van der Waals surface area contributed by atoms with Crippen LogP contribution in [0.2, 0.25) is 5.02 Å². The van der Waals surface area contributed by atoms with Gasteiger partial charge in [-0.25, -0.2) is 0 Å². The number of carbonyl (C=O) groups excluding carboxylic acids is 1. The van der Waals surface area contributed by atoms with Gasteiger partial charge >= 0.3 is 0 Å². The Morgan fingerprint density at radius 2 is 1.96 bits per heavy atom. The maximum absolute atomic E-state index is 13.0. The second-order valence-electron chi connectivity index (χ2n) is 5.95. The predicted octanol–water partition coefficient (Wildman–Crippen LogP) is 4.60. The van der Waals surface area contributed by atoms with Crippen LogP contribution in [-0.4, -0.2) is 29.5 Å². The number of nitrogens with zero attached hydrogens (tertiary/aromatic N) is 2. The number of hydrogen-bond donors (Lipinski definition) is 0. The van der Waals surface area contributed by atoms with E-state index >= 15 is 0 Å². The van der Waals surface area contributed by atoms with Gasteiger partial charge in [0.2, 0.25) is 0 Å². The van der Waals surface area contributed by atoms with E-state index in [1.165, 1.54) is 0 Å². The number of amides is 1. The van der Waals surface area contributed by atoms with Gasteiger partial charge in [-0.3, -0.25) is 4.79 Å². The van der Waals surface area contributed by atoms with Gasteiger partial charge in [0.15, 0.2) is 0 Å². The molecule has 0 unspecified atom stereocenters. The minimum Gasteiger partial charge on any atom is -0.496 e. The van der Waals surface area contributed by atoms with Crippen molar-refractivity contribution in [1.29, 1.82) is 0 Å². The number of carbonyl (C=O) groups is 1. The van der Waals surface area contributed by atoms with E-state index in [9.17, 15) is 4.79 Å². The van der Waals surface area contributed by atoms with Crippen molar-refractivity contribution in [2.45, 2.75) is 20.0 Å². The number of rotatable bonds is 5. The van der Waals surface area contributed by atoms with Crippen LogP contribution in [0.1, 0.15) is 23.0 Å². The lowest BCUT2D eigenvalue weighted by Crippen LogP contribution is -2.28. The summed E-state index contributed by atoms with van der Waals surface area (Å²) in [5.41, 5.74) is 2.64. The van der Waals surface area contributed by atoms with E-state index < -0.39 is 0 Å². The normalized spacial score (nSPS) is 10.9. The van der Waals surface area contributed by atoms with Crippen LogP contribution in [0.3, 0.4) is 0 Å². The Kier molecular flexibility index (Phi) is 5.00. The van der Waals surface area contributed by atoms with Gasteiger partial charge < -0.3 is 14.2 Å². The van der Waals surface area contributed by atoms with Crippen molar-refractivity contribution in [2.75, 3.05) is 14.2 Å². The lowest BCUT2D eigenvalue weighted by atomic mass is 10.2. The van der Waals surface area contributed by atoms with Gasteiger partial charge in [-0.1, -0.05) is 29.8 Å². The first-order chi connectivity index (χ1) is 12.0. The van der Waals surface area contributed by atoms with Crippen LogP contribution < -0.4 is 4.74 Å². The second-order valence-corrected chi connectivity index (χ2v) is 6.39. The predicted molar refractivity (Wildman–Crippen MR) is 101 cm³/mol. The molecular weight excluding hydrogens is 336 g/mol. The molecule has 0 aliphatic heterocycles. The van der Waals surface area contributed by atoms with Crippen molar-refractivity contribution >= 4 is 28.4 Å². The molecule has 0 atom stereocenters. The quantitative estimate of drug-likeness (QED) is 0.669. The van der Waals surface area contributed by atoms with Gasteiger partial charge in [0.25, 0.3) is 5.91 Å². The maximum Gasteiger partial charge on any atom is 0.270 e. The van der Waals surface area contributed by atoms with Crippen molar-refractivity contribution in [1.82, 2.24) is 9.47 Å². The molecule has 0 aliphatic rings. The molecule has 2 aromatic carbocycles. The highest BCUT2D eigenvalue weighted by atomic mass is 35.5. The number of methoxy groups -OCH3 is 1. The summed E-state index contributed by atoms with van der Waals surface area (Å²) in [4.78, 5) is 14.7. The van der Waals surface area contributed by atoms with E-state index in [-0.39, 0.29) is 5.91 Å². The number of para-hydroxylation sites is 1. The standard InChI is InChI=1S/C20H21ClN2O2/c1-4-23-17-8-6-5-7-14(17)12-18(23)20(24)22(2)13-15-11-16(21)9-10-19(15)25-3/h5-12H,4,13H2,1-3H3. The van der Waals surface area contributed by atoms with Gasteiger partial charge in [0.1, 0.15) is 11.4 Å². The number of benzene rings is 2. The molecule has 0 radical (unpaired) electrons. The van der Waals surface area contributed by atoms with E-state index in [2.05, 4.69) is 0 Å². The number of aryl methyl sites for hydroxylation is 1. The van der Waals surface area contributed by atoms with Crippen LogP contribution in [0.5, 0.6) is 5.75 Å². The average Bonchev–Trinajstić information content (AvgIpc) is 2.99. The number of halogens is 1. The fourth-order valence-electron chi connectivity index (χ4n) is 3.12. The molecule has 0 N–H and O–H groups in total. The summed E-state index contributed by atoms with van der Waals surface area (Å²) in [6.07, 6.45) is 0. The molecular formula is C20H21ClN2O2. The third-order valence-corrected chi connectivity index (χ3v) is 4.58. The van der Waals surface area contributed by atoms with Crippen LogP contribution >= 0.6 is 11.6 Å². The third-order valence-electron chi connectivity index (χ3n) is 4.34. The van der Waals surface area contributed by atoms with E-state index in [0.717, 1.165) is 28.8 Å². The van der Waals surface area contributed by atoms with Crippen molar-refractivity contribution in [3.63, 3.8) is 0 Å². The molecule has 5 heteroatoms. The molecule has 0 fully saturated rings. The van der Waals surface area contributed by atoms with Crippen LogP contribution in [-0.2, 0) is 13.1 Å². The van der Waals surface area contributed by atoms with Gasteiger partial charge in [0.05, 0.1) is 7.11 Å². The zero-order chi connectivity index (χ0) is 18.0. The van der Waals surface area contributed by atoms with Crippen molar-refractivity contribution in [3.8, 4) is 5.75 Å². The summed E-state index contributed by atoms with van der Waals surface area (Å²) < 4.78 is 7.42. The summed E-state index contributed by atoms with van der Waals surface area (Å²) in [7, 11) is 3.41. The van der Waals surface area contributed by atoms with E-state index in [4.69, 9.17) is 16.3 Å². The molecule has 0 saturated carbocycles. The minimum absolute atomic E-state index is 0.0277. The van der Waals surface area contributed by atoms with Gasteiger partial charge in [0, 0.05) is 41.6 Å². The molecule has 25 heavy (non-hydrogen) atoms. The maximum atomic E-state index is 13.0. The topological polar surface area (TPSA) is 34.5 Å². The van der Waals surface area contributed by atoms with Gasteiger partial charge in [-0.05, 0) is 37.3 Å². The minimum atomic E-state index is -0.0277. The second kappa shape index (κ2) is 7.19. The van der Waals surface area contributed by atoms with E-state index in [1.54, 1.807) is 25.1 Å². The zero-order valence-electron chi connectivity index (χ0n) is 14.6. The zero-order valence-corrected chi connectivity index (χ0v) is 15.4. The highest BCUT2D eigenvalue weighted by Crippen LogP contribution is 2.25. The molecule has 1 amide bonds. The molecule has 4 nitrogen and oxygen atoms in total. The highest BCUT2D eigenvalue weighted by Gasteiger charge is 2.19. The first-order valence-corrected chi connectivity index (χ1v) is 8.59. The van der Waals surface area contributed by atoms with Crippen LogP contribution in [0.4, 0.5) is 0 Å². The molecule has 1 aromatic heterocycles. The largest absolute Gasteiger partial charge is 0.496 e. The van der Waals surface area contributed by atoms with Crippen molar-refractivity contribution in [2.24, 2.45) is 0 Å². The Morgan fingerprint density at radius 3 is 2.68 bits per heavy atom. The fraction of sp³-hybridized carbons (Fsp3) is 0.250. The Morgan fingerprint density at radius 1 is 1.20 bits per heavy atom. The number of aromatic nitrogens is 1. The van der Waals surface area contributed by atoms with Crippen LogP contribution in [0.15, 0.2) is 48.5 Å². The number of hydrogen-bond acceptors (Lipinski definition) is 2. The summed E-state index contributed by atoms with van der Waals surface area (Å²) >= 11 is 6.09. The summed E-state index contributed by atoms with van der Waals surface area (Å²) in [5.74, 6) is 0.695. The molecule has 0 bridgehead atoms. The monoisotopic (exact) mass is 356 g/mol. The molecule has 130 valence electrons. The highest BCUT2D eigenvalue weighted by molar-refractivity contribution is 6.30. The lowest BCUT2D eigenvalue weighted by Gasteiger charge is -2.20. The smallest absolute Gasteiger partial charge is 0.270 e. The van der Waals surface area contributed by atoms with Gasteiger partial charge in [-0.2, -0.15) is 0 Å².